The van der Waals surface area contributed by atoms with Crippen molar-refractivity contribution in [3.8, 4) is 17.2 Å². The van der Waals surface area contributed by atoms with Crippen LogP contribution in [-0.2, 0) is 11.3 Å². The van der Waals surface area contributed by atoms with Gasteiger partial charge >= 0.3 is 12.1 Å². The highest BCUT2D eigenvalue weighted by molar-refractivity contribution is 6.04. The van der Waals surface area contributed by atoms with Gasteiger partial charge in [0.1, 0.15) is 12.2 Å². The molecule has 45 heavy (non-hydrogen) atoms. The molecule has 5 rings (SSSR count). The molecule has 10 heteroatoms. The van der Waals surface area contributed by atoms with E-state index in [1.54, 1.807) is 62.1 Å². The highest BCUT2D eigenvalue weighted by Crippen LogP contribution is 2.45. The first-order valence-corrected chi connectivity index (χ1v) is 14.8. The fourth-order valence-electron chi connectivity index (χ4n) is 6.00. The number of benzene rings is 3. The number of aromatic amines is 1. The number of nitrogens with zero attached hydrogens (tertiary/aromatic N) is 1. The smallest absolute Gasteiger partial charge is 0.410 e. The minimum atomic E-state index is -1.25. The number of methoxy groups -OCH3 is 2. The Labute approximate surface area is 261 Å². The molecule has 2 N–H and O–H groups in total. The Hall–Kier alpha value is -4.99. The maximum absolute atomic E-state index is 13.9. The number of rotatable bonds is 9. The van der Waals surface area contributed by atoms with E-state index in [0.717, 1.165) is 5.56 Å². The SMILES string of the molecule is COc1cc([C@H](c2c(C(=O)O)c3ccccc3[nH]c2=O)[C@@H]2CCCN2C(=O)OC(C)(C)C)cc(OC)c1OCc1ccccc1. The molecule has 1 aromatic heterocycles. The molecule has 3 aromatic carbocycles. The third-order valence-corrected chi connectivity index (χ3v) is 7.86. The van der Waals surface area contributed by atoms with E-state index in [1.807, 2.05) is 30.3 Å². The van der Waals surface area contributed by atoms with Crippen LogP contribution in [0.2, 0.25) is 0 Å². The average molecular weight is 615 g/mol. The van der Waals surface area contributed by atoms with E-state index < -0.39 is 35.2 Å². The molecule has 1 saturated heterocycles. The highest BCUT2D eigenvalue weighted by Gasteiger charge is 2.42. The number of amides is 1. The maximum atomic E-state index is 13.9. The van der Waals surface area contributed by atoms with Crippen molar-refractivity contribution in [3.63, 3.8) is 0 Å². The van der Waals surface area contributed by atoms with E-state index in [1.165, 1.54) is 14.2 Å². The van der Waals surface area contributed by atoms with E-state index in [2.05, 4.69) is 4.98 Å². The largest absolute Gasteiger partial charge is 0.493 e. The number of H-pyrrole nitrogens is 1. The first kappa shape index (κ1) is 31.4. The molecule has 236 valence electrons. The van der Waals surface area contributed by atoms with Gasteiger partial charge in [-0.3, -0.25) is 4.79 Å². The van der Waals surface area contributed by atoms with Crippen LogP contribution >= 0.6 is 0 Å². The molecular formula is C35H38N2O8. The monoisotopic (exact) mass is 614 g/mol. The van der Waals surface area contributed by atoms with Crippen molar-refractivity contribution in [1.82, 2.24) is 9.88 Å². The van der Waals surface area contributed by atoms with Gasteiger partial charge in [0.25, 0.3) is 5.56 Å². The van der Waals surface area contributed by atoms with Gasteiger partial charge in [0.05, 0.1) is 19.8 Å². The van der Waals surface area contributed by atoms with Gasteiger partial charge in [-0.1, -0.05) is 48.5 Å². The standard InChI is InChI=1S/C35H38N2O8/c1-35(2,3)45-34(41)37-17-11-16-25(37)28(30-29(33(39)40)23-14-9-10-15-24(23)36-32(30)38)22-18-26(42-4)31(27(19-22)43-5)44-20-21-12-7-6-8-13-21/h6-10,12-15,18-19,25,28H,11,16-17,20H2,1-5H3,(H,36,38)(H,39,40)/t25-,28-/m0/s1. The summed E-state index contributed by atoms with van der Waals surface area (Å²) in [4.78, 5) is 44.8. The van der Waals surface area contributed by atoms with Crippen LogP contribution in [0, 0.1) is 0 Å². The van der Waals surface area contributed by atoms with Gasteiger partial charge in [0.2, 0.25) is 5.75 Å². The van der Waals surface area contributed by atoms with Crippen LogP contribution in [0.15, 0.2) is 71.5 Å². The molecule has 0 saturated carbocycles. The molecule has 10 nitrogen and oxygen atoms in total. The second-order valence-corrected chi connectivity index (χ2v) is 12.0. The lowest BCUT2D eigenvalue weighted by Gasteiger charge is -2.34. The number of fused-ring (bicyclic) bond motifs is 1. The van der Waals surface area contributed by atoms with Crippen LogP contribution in [-0.4, -0.2) is 59.5 Å². The zero-order chi connectivity index (χ0) is 32.3. The summed E-state index contributed by atoms with van der Waals surface area (Å²) < 4.78 is 23.5. The molecular weight excluding hydrogens is 576 g/mol. The van der Waals surface area contributed by atoms with Crippen LogP contribution in [0.4, 0.5) is 4.79 Å². The predicted octanol–water partition coefficient (Wildman–Crippen LogP) is 6.35. The molecule has 4 aromatic rings. The van der Waals surface area contributed by atoms with Crippen molar-refractivity contribution >= 4 is 23.0 Å². The van der Waals surface area contributed by atoms with Crippen molar-refractivity contribution < 1.29 is 33.6 Å². The van der Waals surface area contributed by atoms with Gasteiger partial charge in [-0.2, -0.15) is 0 Å². The Kier molecular flexibility index (Phi) is 9.04. The topological polar surface area (TPSA) is 127 Å². The van der Waals surface area contributed by atoms with Crippen LogP contribution in [0.25, 0.3) is 10.9 Å². The summed E-state index contributed by atoms with van der Waals surface area (Å²) in [6.45, 7) is 5.99. The lowest BCUT2D eigenvalue weighted by Crippen LogP contribution is -2.44. The van der Waals surface area contributed by atoms with Gasteiger partial charge in [0, 0.05) is 35.0 Å². The van der Waals surface area contributed by atoms with E-state index in [-0.39, 0.29) is 17.7 Å². The number of aromatic nitrogens is 1. The molecule has 2 atom stereocenters. The van der Waals surface area contributed by atoms with Crippen molar-refractivity contribution in [3.05, 3.63) is 99.3 Å². The number of hydrogen-bond acceptors (Lipinski definition) is 7. The predicted molar refractivity (Wildman–Crippen MR) is 170 cm³/mol. The van der Waals surface area contributed by atoms with Crippen LogP contribution in [0.1, 0.15) is 66.6 Å². The number of hydrogen-bond donors (Lipinski definition) is 2. The number of pyridine rings is 1. The van der Waals surface area contributed by atoms with Gasteiger partial charge in [0.15, 0.2) is 11.5 Å². The third kappa shape index (κ3) is 6.60. The Morgan fingerprint density at radius 1 is 1.00 bits per heavy atom. The number of aromatic carboxylic acids is 1. The summed E-state index contributed by atoms with van der Waals surface area (Å²) in [5.74, 6) is -1.11. The number of para-hydroxylation sites is 1. The third-order valence-electron chi connectivity index (χ3n) is 7.86. The number of carboxylic acid groups (broad SMARTS) is 1. The summed E-state index contributed by atoms with van der Waals surface area (Å²) in [5.41, 5.74) is 0.459. The number of likely N-dealkylation sites (tertiary alicyclic amines) is 1. The fourth-order valence-corrected chi connectivity index (χ4v) is 6.00. The molecule has 0 unspecified atom stereocenters. The number of carbonyl (C=O) groups excluding carboxylic acids is 1. The minimum Gasteiger partial charge on any atom is -0.493 e. The zero-order valence-corrected chi connectivity index (χ0v) is 26.1. The second kappa shape index (κ2) is 12.9. The van der Waals surface area contributed by atoms with Crippen LogP contribution < -0.4 is 19.8 Å². The first-order chi connectivity index (χ1) is 21.5. The van der Waals surface area contributed by atoms with Gasteiger partial charge in [-0.15, -0.1) is 0 Å². The Bertz CT molecular complexity index is 1730. The highest BCUT2D eigenvalue weighted by atomic mass is 16.6. The molecule has 0 aliphatic carbocycles. The Morgan fingerprint density at radius 2 is 1.64 bits per heavy atom. The number of carboxylic acids is 1. The normalized spacial score (nSPS) is 15.5. The first-order valence-electron chi connectivity index (χ1n) is 14.8. The quantitative estimate of drug-likeness (QED) is 0.223. The van der Waals surface area contributed by atoms with Crippen molar-refractivity contribution in [1.29, 1.82) is 0 Å². The lowest BCUT2D eigenvalue weighted by atomic mass is 9.81. The Morgan fingerprint density at radius 3 is 2.27 bits per heavy atom. The summed E-state index contributed by atoms with van der Waals surface area (Å²) in [6, 6.07) is 19.2. The summed E-state index contributed by atoms with van der Waals surface area (Å²) in [5, 5.41) is 10.9. The number of carbonyl (C=O) groups is 2. The van der Waals surface area contributed by atoms with Crippen molar-refractivity contribution in [2.75, 3.05) is 20.8 Å². The fraction of sp³-hybridized carbons (Fsp3) is 0.343. The lowest BCUT2D eigenvalue weighted by molar-refractivity contribution is 0.0214. The maximum Gasteiger partial charge on any atom is 0.410 e. The summed E-state index contributed by atoms with van der Waals surface area (Å²) in [6.07, 6.45) is 0.610. The van der Waals surface area contributed by atoms with E-state index >= 15 is 0 Å². The van der Waals surface area contributed by atoms with Crippen LogP contribution in [0.3, 0.4) is 0 Å². The second-order valence-electron chi connectivity index (χ2n) is 12.0. The zero-order valence-electron chi connectivity index (χ0n) is 26.1. The molecule has 1 aliphatic rings. The van der Waals surface area contributed by atoms with Crippen molar-refractivity contribution in [2.45, 2.75) is 57.8 Å². The molecule has 2 heterocycles. The molecule has 0 bridgehead atoms. The molecule has 1 amide bonds. The van der Waals surface area contributed by atoms with Crippen LogP contribution in [0.5, 0.6) is 17.2 Å². The van der Waals surface area contributed by atoms with Crippen molar-refractivity contribution in [2.24, 2.45) is 0 Å². The Balaban J connectivity index is 1.72. The summed E-state index contributed by atoms with van der Waals surface area (Å²) in [7, 11) is 2.99. The van der Waals surface area contributed by atoms with Gasteiger partial charge in [-0.25, -0.2) is 9.59 Å². The molecule has 0 spiro atoms. The molecule has 1 aliphatic heterocycles. The van der Waals surface area contributed by atoms with E-state index in [0.29, 0.717) is 53.1 Å². The number of nitrogens with one attached hydrogen (secondary N) is 1. The van der Waals surface area contributed by atoms with E-state index in [4.69, 9.17) is 18.9 Å². The molecule has 1 fully saturated rings. The minimum absolute atomic E-state index is 0.0312. The average Bonchev–Trinajstić information content (AvgIpc) is 3.49. The van der Waals surface area contributed by atoms with E-state index in [9.17, 15) is 19.5 Å². The number of ether oxygens (including phenoxy) is 4. The van der Waals surface area contributed by atoms with Gasteiger partial charge in [-0.05, 0) is 62.9 Å². The molecule has 0 radical (unpaired) electrons. The summed E-state index contributed by atoms with van der Waals surface area (Å²) >= 11 is 0. The van der Waals surface area contributed by atoms with Gasteiger partial charge < -0.3 is 33.9 Å².